The van der Waals surface area contributed by atoms with Crippen molar-refractivity contribution < 1.29 is 9.26 Å². The van der Waals surface area contributed by atoms with Crippen molar-refractivity contribution in [3.8, 4) is 5.75 Å². The molecule has 1 aliphatic carbocycles. The molecule has 3 rings (SSSR count). The van der Waals surface area contributed by atoms with Gasteiger partial charge in [0.15, 0.2) is 0 Å². The Morgan fingerprint density at radius 2 is 2.33 bits per heavy atom. The first-order valence-corrected chi connectivity index (χ1v) is 6.16. The Labute approximate surface area is 106 Å². The first-order valence-electron chi connectivity index (χ1n) is 6.16. The third-order valence-electron chi connectivity index (χ3n) is 3.30. The smallest absolute Gasteiger partial charge is 0.134 e. The highest BCUT2D eigenvalue weighted by molar-refractivity contribution is 5.40. The minimum Gasteiger partial charge on any atom is -0.487 e. The molecule has 94 valence electrons. The van der Waals surface area contributed by atoms with Crippen molar-refractivity contribution >= 4 is 0 Å². The number of nitrogens with two attached hydrogens (primary N) is 1. The Kier molecular flexibility index (Phi) is 2.80. The van der Waals surface area contributed by atoms with E-state index in [1.165, 1.54) is 11.1 Å². The van der Waals surface area contributed by atoms with Crippen LogP contribution in [-0.4, -0.2) is 5.16 Å². The Hall–Kier alpha value is -1.81. The van der Waals surface area contributed by atoms with Gasteiger partial charge in [-0.2, -0.15) is 0 Å². The van der Waals surface area contributed by atoms with Gasteiger partial charge in [-0.05, 0) is 43.0 Å². The van der Waals surface area contributed by atoms with E-state index in [-0.39, 0.29) is 6.04 Å². The van der Waals surface area contributed by atoms with Crippen molar-refractivity contribution in [1.82, 2.24) is 5.16 Å². The van der Waals surface area contributed by atoms with Gasteiger partial charge in [0.25, 0.3) is 0 Å². The lowest BCUT2D eigenvalue weighted by Gasteiger charge is -2.08. The molecule has 4 heteroatoms. The van der Waals surface area contributed by atoms with Crippen molar-refractivity contribution in [3.05, 3.63) is 46.8 Å². The summed E-state index contributed by atoms with van der Waals surface area (Å²) in [6.45, 7) is 2.30. The van der Waals surface area contributed by atoms with Crippen molar-refractivity contribution in [3.63, 3.8) is 0 Å². The van der Waals surface area contributed by atoms with Gasteiger partial charge < -0.3 is 15.0 Å². The van der Waals surface area contributed by atoms with Crippen LogP contribution in [0.15, 0.2) is 28.8 Å². The first-order chi connectivity index (χ1) is 8.72. The Morgan fingerprint density at radius 1 is 1.44 bits per heavy atom. The predicted octanol–water partition coefficient (Wildman–Crippen LogP) is 2.51. The highest BCUT2D eigenvalue weighted by Crippen LogP contribution is 2.31. The van der Waals surface area contributed by atoms with Gasteiger partial charge in [-0.1, -0.05) is 11.2 Å². The minimum atomic E-state index is 0.187. The van der Waals surface area contributed by atoms with Crippen LogP contribution in [0.4, 0.5) is 0 Å². The molecule has 1 heterocycles. The SMILES string of the molecule is Cc1cc(COc2ccc3c(c2)CCC3N)no1. The number of nitrogens with zero attached hydrogens (tertiary/aromatic N) is 1. The first kappa shape index (κ1) is 11.3. The van der Waals surface area contributed by atoms with Gasteiger partial charge in [0.2, 0.25) is 0 Å². The second-order valence-electron chi connectivity index (χ2n) is 4.72. The second kappa shape index (κ2) is 4.46. The normalized spacial score (nSPS) is 17.8. The summed E-state index contributed by atoms with van der Waals surface area (Å²) in [6, 6.07) is 8.18. The second-order valence-corrected chi connectivity index (χ2v) is 4.72. The molecule has 0 saturated heterocycles. The monoisotopic (exact) mass is 244 g/mol. The lowest BCUT2D eigenvalue weighted by Crippen LogP contribution is -2.05. The molecule has 1 aliphatic rings. The molecular formula is C14H16N2O2. The van der Waals surface area contributed by atoms with Crippen molar-refractivity contribution in [2.45, 2.75) is 32.4 Å². The van der Waals surface area contributed by atoms with E-state index in [0.717, 1.165) is 30.0 Å². The van der Waals surface area contributed by atoms with E-state index in [0.29, 0.717) is 6.61 Å². The maximum absolute atomic E-state index is 6.00. The number of hydrogen-bond donors (Lipinski definition) is 1. The van der Waals surface area contributed by atoms with E-state index in [1.54, 1.807) is 0 Å². The van der Waals surface area contributed by atoms with Gasteiger partial charge in [0, 0.05) is 12.1 Å². The average molecular weight is 244 g/mol. The summed E-state index contributed by atoms with van der Waals surface area (Å²) >= 11 is 0. The number of ether oxygens (including phenoxy) is 1. The van der Waals surface area contributed by atoms with E-state index in [1.807, 2.05) is 19.1 Å². The molecule has 2 aromatic rings. The van der Waals surface area contributed by atoms with Gasteiger partial charge >= 0.3 is 0 Å². The number of fused-ring (bicyclic) bond motifs is 1. The summed E-state index contributed by atoms with van der Waals surface area (Å²) in [7, 11) is 0. The van der Waals surface area contributed by atoms with Crippen molar-refractivity contribution in [2.75, 3.05) is 0 Å². The van der Waals surface area contributed by atoms with E-state index in [4.69, 9.17) is 15.0 Å². The minimum absolute atomic E-state index is 0.187. The van der Waals surface area contributed by atoms with Crippen LogP contribution in [0.1, 0.15) is 35.0 Å². The quantitative estimate of drug-likeness (QED) is 0.901. The van der Waals surface area contributed by atoms with Crippen LogP contribution in [0.25, 0.3) is 0 Å². The molecule has 1 unspecified atom stereocenters. The Bertz CT molecular complexity index is 563. The topological polar surface area (TPSA) is 61.3 Å². The number of rotatable bonds is 3. The maximum atomic E-state index is 6.00. The molecule has 4 nitrogen and oxygen atoms in total. The zero-order valence-electron chi connectivity index (χ0n) is 10.3. The summed E-state index contributed by atoms with van der Waals surface area (Å²) in [5.74, 6) is 1.66. The van der Waals surface area contributed by atoms with Gasteiger partial charge in [0.05, 0.1) is 0 Å². The fourth-order valence-corrected chi connectivity index (χ4v) is 2.36. The van der Waals surface area contributed by atoms with E-state index in [9.17, 15) is 0 Å². The Balaban J connectivity index is 1.70. The molecule has 1 atom stereocenters. The summed E-state index contributed by atoms with van der Waals surface area (Å²) < 4.78 is 10.7. The average Bonchev–Trinajstić information content (AvgIpc) is 2.94. The van der Waals surface area contributed by atoms with E-state index < -0.39 is 0 Å². The van der Waals surface area contributed by atoms with Crippen LogP contribution in [0.3, 0.4) is 0 Å². The van der Waals surface area contributed by atoms with Crippen LogP contribution < -0.4 is 10.5 Å². The molecule has 2 N–H and O–H groups in total. The Morgan fingerprint density at radius 3 is 3.11 bits per heavy atom. The molecule has 1 aromatic carbocycles. The number of hydrogen-bond acceptors (Lipinski definition) is 4. The van der Waals surface area contributed by atoms with Crippen LogP contribution in [0.2, 0.25) is 0 Å². The van der Waals surface area contributed by atoms with Crippen LogP contribution in [-0.2, 0) is 13.0 Å². The van der Waals surface area contributed by atoms with Crippen molar-refractivity contribution in [2.24, 2.45) is 5.73 Å². The van der Waals surface area contributed by atoms with Gasteiger partial charge in [-0.15, -0.1) is 0 Å². The molecule has 0 spiro atoms. The largest absolute Gasteiger partial charge is 0.487 e. The summed E-state index contributed by atoms with van der Waals surface area (Å²) in [5.41, 5.74) is 9.36. The molecule has 0 aliphatic heterocycles. The highest BCUT2D eigenvalue weighted by Gasteiger charge is 2.19. The summed E-state index contributed by atoms with van der Waals surface area (Å²) in [5, 5.41) is 3.90. The lowest BCUT2D eigenvalue weighted by molar-refractivity contribution is 0.287. The van der Waals surface area contributed by atoms with Gasteiger partial charge in [-0.25, -0.2) is 0 Å². The van der Waals surface area contributed by atoms with E-state index >= 15 is 0 Å². The molecule has 0 radical (unpaired) electrons. The van der Waals surface area contributed by atoms with Crippen LogP contribution in [0, 0.1) is 6.92 Å². The highest BCUT2D eigenvalue weighted by atomic mass is 16.5. The van der Waals surface area contributed by atoms with Crippen LogP contribution >= 0.6 is 0 Å². The van der Waals surface area contributed by atoms with Crippen molar-refractivity contribution in [1.29, 1.82) is 0 Å². The third kappa shape index (κ3) is 2.11. The van der Waals surface area contributed by atoms with Gasteiger partial charge in [0.1, 0.15) is 23.8 Å². The van der Waals surface area contributed by atoms with Crippen LogP contribution in [0.5, 0.6) is 5.75 Å². The molecule has 0 bridgehead atoms. The standard InChI is InChI=1S/C14H16N2O2/c1-9-6-11(16-18-9)8-17-12-3-4-13-10(7-12)2-5-14(13)15/h3-4,6-7,14H,2,5,8,15H2,1H3. The number of aromatic nitrogens is 1. The van der Waals surface area contributed by atoms with Gasteiger partial charge in [-0.3, -0.25) is 0 Å². The molecular weight excluding hydrogens is 228 g/mol. The zero-order chi connectivity index (χ0) is 12.5. The molecule has 18 heavy (non-hydrogen) atoms. The lowest BCUT2D eigenvalue weighted by atomic mass is 10.1. The number of aryl methyl sites for hydroxylation is 2. The molecule has 1 aromatic heterocycles. The van der Waals surface area contributed by atoms with E-state index in [2.05, 4.69) is 17.3 Å². The fraction of sp³-hybridized carbons (Fsp3) is 0.357. The fourth-order valence-electron chi connectivity index (χ4n) is 2.36. The number of benzene rings is 1. The summed E-state index contributed by atoms with van der Waals surface area (Å²) in [6.07, 6.45) is 2.07. The molecule has 0 saturated carbocycles. The predicted molar refractivity (Wildman–Crippen MR) is 67.3 cm³/mol. The molecule has 0 fully saturated rings. The summed E-state index contributed by atoms with van der Waals surface area (Å²) in [4.78, 5) is 0. The molecule has 0 amide bonds. The zero-order valence-corrected chi connectivity index (χ0v) is 10.3. The maximum Gasteiger partial charge on any atom is 0.134 e. The third-order valence-corrected chi connectivity index (χ3v) is 3.30.